The molecule has 0 heterocycles. The second-order valence-corrected chi connectivity index (χ2v) is 5.71. The van der Waals surface area contributed by atoms with Gasteiger partial charge in [-0.15, -0.1) is 12.6 Å². The Morgan fingerprint density at radius 1 is 0.824 bits per heavy atom. The van der Waals surface area contributed by atoms with Crippen molar-refractivity contribution >= 4 is 29.2 Å². The first-order valence-corrected chi connectivity index (χ1v) is 7.79. The summed E-state index contributed by atoms with van der Waals surface area (Å²) in [7, 11) is 0. The van der Waals surface area contributed by atoms with Crippen LogP contribution in [-0.2, 0) is 0 Å². The fraction of sp³-hybridized carbons (Fsp3) is 0.923. The first-order valence-electron chi connectivity index (χ1n) is 6.94. The summed E-state index contributed by atoms with van der Waals surface area (Å²) < 4.78 is 0.613. The zero-order chi connectivity index (χ0) is 12.8. The molecule has 0 aromatic heterocycles. The minimum atomic E-state index is 0.613. The minimum Gasteiger partial charge on any atom is -0.371 e. The van der Waals surface area contributed by atoms with E-state index in [4.69, 9.17) is 18.0 Å². The Balaban J connectivity index is 2.91. The Morgan fingerprint density at radius 3 is 1.65 bits per heavy atom. The van der Waals surface area contributed by atoms with E-state index >= 15 is 0 Å². The van der Waals surface area contributed by atoms with Crippen LogP contribution < -0.4 is 11.1 Å². The lowest BCUT2D eigenvalue weighted by Gasteiger charge is -2.03. The van der Waals surface area contributed by atoms with Gasteiger partial charge >= 0.3 is 0 Å². The Bertz CT molecular complexity index is 175. The van der Waals surface area contributed by atoms with Crippen LogP contribution in [0, 0.1) is 0 Å². The molecule has 0 aliphatic carbocycles. The predicted molar refractivity (Wildman–Crippen MR) is 84.8 cm³/mol. The Kier molecular flexibility index (Phi) is 14.4. The molecule has 4 heteroatoms. The average Bonchev–Trinajstić information content (AvgIpc) is 2.30. The number of hydrogen-bond acceptors (Lipinski definition) is 2. The van der Waals surface area contributed by atoms with Crippen molar-refractivity contribution in [3.8, 4) is 0 Å². The highest BCUT2D eigenvalue weighted by Gasteiger charge is 1.93. The normalized spacial score (nSPS) is 10.5. The third kappa shape index (κ3) is 16.2. The van der Waals surface area contributed by atoms with Gasteiger partial charge in [-0.2, -0.15) is 0 Å². The second kappa shape index (κ2) is 14.3. The van der Waals surface area contributed by atoms with E-state index in [2.05, 4.69) is 17.9 Å². The van der Waals surface area contributed by atoms with Crippen molar-refractivity contribution in [1.82, 2.24) is 5.32 Å². The molecule has 0 radical (unpaired) electrons. The lowest BCUT2D eigenvalue weighted by molar-refractivity contribution is 0.552. The van der Waals surface area contributed by atoms with Gasteiger partial charge in [-0.25, -0.2) is 0 Å². The van der Waals surface area contributed by atoms with Gasteiger partial charge < -0.3 is 11.1 Å². The second-order valence-electron chi connectivity index (χ2n) is 4.56. The van der Waals surface area contributed by atoms with Crippen LogP contribution in [0.2, 0.25) is 0 Å². The highest BCUT2D eigenvalue weighted by Crippen LogP contribution is 2.10. The molecular weight excluding hydrogens is 248 g/mol. The van der Waals surface area contributed by atoms with E-state index in [0.29, 0.717) is 4.32 Å². The topological polar surface area (TPSA) is 38.0 Å². The number of nitrogens with two attached hydrogens (primary N) is 1. The Morgan fingerprint density at radius 2 is 1.24 bits per heavy atom. The van der Waals surface area contributed by atoms with Crippen molar-refractivity contribution in [3.63, 3.8) is 0 Å². The average molecular weight is 277 g/mol. The van der Waals surface area contributed by atoms with Crippen molar-refractivity contribution in [3.05, 3.63) is 0 Å². The largest absolute Gasteiger partial charge is 0.371 e. The van der Waals surface area contributed by atoms with E-state index in [-0.39, 0.29) is 0 Å². The Labute approximate surface area is 118 Å². The van der Waals surface area contributed by atoms with E-state index in [9.17, 15) is 0 Å². The number of rotatable bonds is 12. The molecule has 2 nitrogen and oxygen atoms in total. The summed E-state index contributed by atoms with van der Waals surface area (Å²) in [4.78, 5) is 0. The molecule has 3 N–H and O–H groups in total. The summed E-state index contributed by atoms with van der Waals surface area (Å²) >= 11 is 8.84. The molecule has 0 rings (SSSR count). The molecule has 0 unspecified atom stereocenters. The monoisotopic (exact) mass is 276 g/mol. The summed E-state index contributed by atoms with van der Waals surface area (Å²) in [5, 5.41) is 3.06. The fourth-order valence-electron chi connectivity index (χ4n) is 1.88. The SMILES string of the molecule is NCCCCCCCCCCCCNC(=S)S. The first-order chi connectivity index (χ1) is 8.27. The highest BCUT2D eigenvalue weighted by molar-refractivity contribution is 8.11. The molecule has 17 heavy (non-hydrogen) atoms. The van der Waals surface area contributed by atoms with Crippen LogP contribution in [0.15, 0.2) is 0 Å². The third-order valence-electron chi connectivity index (χ3n) is 2.91. The van der Waals surface area contributed by atoms with Crippen LogP contribution in [0.25, 0.3) is 0 Å². The van der Waals surface area contributed by atoms with Gasteiger partial charge in [-0.3, -0.25) is 0 Å². The molecule has 0 bridgehead atoms. The molecule has 0 aliphatic heterocycles. The highest BCUT2D eigenvalue weighted by atomic mass is 32.1. The van der Waals surface area contributed by atoms with Crippen LogP contribution in [0.1, 0.15) is 64.2 Å². The Hall–Kier alpha value is 0.200. The zero-order valence-electron chi connectivity index (χ0n) is 10.9. The van der Waals surface area contributed by atoms with E-state index in [0.717, 1.165) is 13.1 Å². The third-order valence-corrected chi connectivity index (χ3v) is 3.21. The van der Waals surface area contributed by atoms with Crippen LogP contribution in [0.5, 0.6) is 0 Å². The number of thiocarbonyl (C=S) groups is 1. The lowest BCUT2D eigenvalue weighted by atomic mass is 10.1. The minimum absolute atomic E-state index is 0.613. The molecule has 0 saturated heterocycles. The summed E-state index contributed by atoms with van der Waals surface area (Å²) in [6, 6.07) is 0. The van der Waals surface area contributed by atoms with E-state index in [1.807, 2.05) is 0 Å². The molecule has 0 aromatic rings. The van der Waals surface area contributed by atoms with Gasteiger partial charge in [0.05, 0.1) is 0 Å². The quantitative estimate of drug-likeness (QED) is 0.289. The van der Waals surface area contributed by atoms with Gasteiger partial charge in [-0.1, -0.05) is 63.6 Å². The van der Waals surface area contributed by atoms with Crippen molar-refractivity contribution in [1.29, 1.82) is 0 Å². The maximum Gasteiger partial charge on any atom is 0.130 e. The molecule has 0 atom stereocenters. The van der Waals surface area contributed by atoms with Crippen LogP contribution in [0.3, 0.4) is 0 Å². The van der Waals surface area contributed by atoms with Crippen LogP contribution >= 0.6 is 24.8 Å². The molecule has 0 saturated carbocycles. The van der Waals surface area contributed by atoms with Gasteiger partial charge in [0.25, 0.3) is 0 Å². The standard InChI is InChI=1S/C13H28N2S2/c14-11-9-7-5-3-1-2-4-6-8-10-12-15-13(16)17/h1-12,14H2,(H2,15,16,17). The molecule has 0 spiro atoms. The van der Waals surface area contributed by atoms with Crippen molar-refractivity contribution in [2.24, 2.45) is 5.73 Å². The van der Waals surface area contributed by atoms with E-state index < -0.39 is 0 Å². The van der Waals surface area contributed by atoms with Gasteiger partial charge in [0.2, 0.25) is 0 Å². The number of hydrogen-bond donors (Lipinski definition) is 3. The number of unbranched alkanes of at least 4 members (excludes halogenated alkanes) is 9. The molecule has 0 amide bonds. The maximum atomic E-state index is 5.45. The number of thiol groups is 1. The summed E-state index contributed by atoms with van der Waals surface area (Å²) in [6.07, 6.45) is 13.3. The van der Waals surface area contributed by atoms with Crippen LogP contribution in [-0.4, -0.2) is 17.4 Å². The van der Waals surface area contributed by atoms with Crippen LogP contribution in [0.4, 0.5) is 0 Å². The predicted octanol–water partition coefficient (Wildman–Crippen LogP) is 3.65. The lowest BCUT2D eigenvalue weighted by Crippen LogP contribution is -2.17. The van der Waals surface area contributed by atoms with E-state index in [1.54, 1.807) is 0 Å². The summed E-state index contributed by atoms with van der Waals surface area (Å²) in [6.45, 7) is 1.82. The molecule has 0 aromatic carbocycles. The molecule has 102 valence electrons. The fourth-order valence-corrected chi connectivity index (χ4v) is 2.09. The molecular formula is C13H28N2S2. The molecule has 0 aliphatic rings. The van der Waals surface area contributed by atoms with Crippen molar-refractivity contribution < 1.29 is 0 Å². The summed E-state index contributed by atoms with van der Waals surface area (Å²) in [5.74, 6) is 0. The van der Waals surface area contributed by atoms with Crippen molar-refractivity contribution in [2.75, 3.05) is 13.1 Å². The van der Waals surface area contributed by atoms with Gasteiger partial charge in [0.1, 0.15) is 4.32 Å². The molecule has 0 fully saturated rings. The summed E-state index contributed by atoms with van der Waals surface area (Å²) in [5.41, 5.74) is 5.45. The maximum absolute atomic E-state index is 5.45. The van der Waals surface area contributed by atoms with Gasteiger partial charge in [0, 0.05) is 6.54 Å². The van der Waals surface area contributed by atoms with Crippen molar-refractivity contribution in [2.45, 2.75) is 64.2 Å². The smallest absolute Gasteiger partial charge is 0.130 e. The number of nitrogens with one attached hydrogen (secondary N) is 1. The van der Waals surface area contributed by atoms with E-state index in [1.165, 1.54) is 64.2 Å². The van der Waals surface area contributed by atoms with Gasteiger partial charge in [-0.05, 0) is 19.4 Å². The first kappa shape index (κ1) is 17.2. The zero-order valence-corrected chi connectivity index (χ0v) is 12.6. The van der Waals surface area contributed by atoms with Gasteiger partial charge in [0.15, 0.2) is 0 Å².